The van der Waals surface area contributed by atoms with Crippen molar-refractivity contribution in [2.45, 2.75) is 37.5 Å². The van der Waals surface area contributed by atoms with Crippen LogP contribution in [-0.2, 0) is 21.3 Å². The normalized spacial score (nSPS) is 20.2. The number of morpholine rings is 1. The summed E-state index contributed by atoms with van der Waals surface area (Å²) in [5, 5.41) is 0.665. The predicted molar refractivity (Wildman–Crippen MR) is 117 cm³/mol. The molecule has 0 N–H and O–H groups in total. The first kappa shape index (κ1) is 23.0. The number of hydrogen-bond donors (Lipinski definition) is 0. The molecule has 1 saturated heterocycles. The molecule has 2 aromatic carbocycles. The molecular formula is C21H24Cl2N2O4S. The number of carbonyl (C=O) groups excluding carboxylic acids is 1. The highest BCUT2D eigenvalue weighted by atomic mass is 35.5. The predicted octanol–water partition coefficient (Wildman–Crippen LogP) is 4.06. The van der Waals surface area contributed by atoms with Gasteiger partial charge in [0.1, 0.15) is 4.90 Å². The summed E-state index contributed by atoms with van der Waals surface area (Å²) in [5.74, 6) is -0.313. The van der Waals surface area contributed by atoms with Crippen LogP contribution >= 0.6 is 23.2 Å². The number of hydrogen-bond acceptors (Lipinski definition) is 4. The van der Waals surface area contributed by atoms with Crippen molar-refractivity contribution in [1.29, 1.82) is 0 Å². The van der Waals surface area contributed by atoms with E-state index < -0.39 is 10.0 Å². The zero-order valence-corrected chi connectivity index (χ0v) is 19.3. The van der Waals surface area contributed by atoms with Gasteiger partial charge in [0.2, 0.25) is 10.0 Å². The van der Waals surface area contributed by atoms with Gasteiger partial charge in [-0.15, -0.1) is 0 Å². The summed E-state index contributed by atoms with van der Waals surface area (Å²) in [5.41, 5.74) is 1.12. The standard InChI is InChI=1S/C21H24Cl2N2O4S/c1-14-11-25(12-15(2)29-14)30(27,28)20-10-17(7-8-19(20)23)21(26)24(3)13-16-5-4-6-18(22)9-16/h4-10,14-15H,11-13H2,1-3H3/t14-,15+. The van der Waals surface area contributed by atoms with Gasteiger partial charge in [-0.3, -0.25) is 4.79 Å². The van der Waals surface area contributed by atoms with Gasteiger partial charge in [0.25, 0.3) is 5.91 Å². The highest BCUT2D eigenvalue weighted by Gasteiger charge is 2.34. The van der Waals surface area contributed by atoms with E-state index in [2.05, 4.69) is 0 Å². The van der Waals surface area contributed by atoms with Crippen LogP contribution in [0.1, 0.15) is 29.8 Å². The molecular weight excluding hydrogens is 447 g/mol. The molecule has 0 saturated carbocycles. The summed E-state index contributed by atoms with van der Waals surface area (Å²) in [6.45, 7) is 4.45. The number of sulfonamides is 1. The first-order chi connectivity index (χ1) is 14.1. The van der Waals surface area contributed by atoms with E-state index in [1.165, 1.54) is 27.4 Å². The van der Waals surface area contributed by atoms with Gasteiger partial charge in [-0.25, -0.2) is 8.42 Å². The zero-order valence-electron chi connectivity index (χ0n) is 17.0. The molecule has 2 atom stereocenters. The highest BCUT2D eigenvalue weighted by molar-refractivity contribution is 7.89. The molecule has 30 heavy (non-hydrogen) atoms. The van der Waals surface area contributed by atoms with E-state index in [4.69, 9.17) is 27.9 Å². The molecule has 6 nitrogen and oxygen atoms in total. The van der Waals surface area contributed by atoms with Gasteiger partial charge in [-0.1, -0.05) is 35.3 Å². The van der Waals surface area contributed by atoms with E-state index in [1.54, 1.807) is 19.2 Å². The Morgan fingerprint density at radius 3 is 2.43 bits per heavy atom. The Balaban J connectivity index is 1.86. The van der Waals surface area contributed by atoms with Crippen LogP contribution in [0.25, 0.3) is 0 Å². The fourth-order valence-electron chi connectivity index (χ4n) is 3.50. The number of carbonyl (C=O) groups is 1. The molecule has 0 aromatic heterocycles. The number of benzene rings is 2. The van der Waals surface area contributed by atoms with E-state index in [-0.39, 0.29) is 46.7 Å². The van der Waals surface area contributed by atoms with E-state index in [1.807, 2.05) is 26.0 Å². The van der Waals surface area contributed by atoms with Crippen molar-refractivity contribution >= 4 is 39.1 Å². The molecule has 3 rings (SSSR count). The quantitative estimate of drug-likeness (QED) is 0.660. The van der Waals surface area contributed by atoms with Gasteiger partial charge in [0.15, 0.2) is 0 Å². The third kappa shape index (κ3) is 5.15. The molecule has 2 aromatic rings. The van der Waals surface area contributed by atoms with Crippen molar-refractivity contribution in [3.63, 3.8) is 0 Å². The fraction of sp³-hybridized carbons (Fsp3) is 0.381. The van der Waals surface area contributed by atoms with E-state index in [0.29, 0.717) is 11.6 Å². The van der Waals surface area contributed by atoms with Crippen LogP contribution < -0.4 is 0 Å². The van der Waals surface area contributed by atoms with Gasteiger partial charge >= 0.3 is 0 Å². The number of nitrogens with zero attached hydrogens (tertiary/aromatic N) is 2. The minimum atomic E-state index is -3.87. The van der Waals surface area contributed by atoms with Crippen LogP contribution in [0.4, 0.5) is 0 Å². The molecule has 0 unspecified atom stereocenters. The minimum absolute atomic E-state index is 0.0764. The average Bonchev–Trinajstić information content (AvgIpc) is 2.67. The van der Waals surface area contributed by atoms with Crippen molar-refractivity contribution in [3.05, 3.63) is 63.6 Å². The molecule has 162 valence electrons. The summed E-state index contributed by atoms with van der Waals surface area (Å²) in [6, 6.07) is 11.5. The maximum absolute atomic E-state index is 13.2. The molecule has 1 fully saturated rings. The summed E-state index contributed by atoms with van der Waals surface area (Å²) in [7, 11) is -2.22. The second-order valence-corrected chi connectivity index (χ2v) is 10.3. The Bertz CT molecular complexity index is 1040. The van der Waals surface area contributed by atoms with Crippen LogP contribution in [0, 0.1) is 0 Å². The Hall–Kier alpha value is -1.64. The van der Waals surface area contributed by atoms with Crippen molar-refractivity contribution in [2.24, 2.45) is 0 Å². The van der Waals surface area contributed by atoms with Crippen LogP contribution in [0.5, 0.6) is 0 Å². The maximum atomic E-state index is 13.2. The Morgan fingerprint density at radius 1 is 1.13 bits per heavy atom. The summed E-state index contributed by atoms with van der Waals surface area (Å²) < 4.78 is 33.4. The Morgan fingerprint density at radius 2 is 1.80 bits per heavy atom. The van der Waals surface area contributed by atoms with Gasteiger partial charge in [0, 0.05) is 37.3 Å². The number of ether oxygens (including phenoxy) is 1. The first-order valence-electron chi connectivity index (χ1n) is 9.53. The van der Waals surface area contributed by atoms with Crippen molar-refractivity contribution in [2.75, 3.05) is 20.1 Å². The number of rotatable bonds is 5. The van der Waals surface area contributed by atoms with Crippen LogP contribution in [-0.4, -0.2) is 55.9 Å². The van der Waals surface area contributed by atoms with Crippen LogP contribution in [0.3, 0.4) is 0 Å². The summed E-state index contributed by atoms with van der Waals surface area (Å²) in [6.07, 6.45) is -0.452. The lowest BCUT2D eigenvalue weighted by molar-refractivity contribution is -0.0440. The molecule has 1 aliphatic heterocycles. The summed E-state index contributed by atoms with van der Waals surface area (Å²) >= 11 is 12.2. The molecule has 1 aliphatic rings. The smallest absolute Gasteiger partial charge is 0.253 e. The largest absolute Gasteiger partial charge is 0.373 e. The molecule has 0 bridgehead atoms. The third-order valence-corrected chi connectivity index (χ3v) is 7.39. The Labute approximate surface area is 187 Å². The van der Waals surface area contributed by atoms with Gasteiger partial charge in [-0.05, 0) is 49.7 Å². The van der Waals surface area contributed by atoms with Crippen LogP contribution in [0.2, 0.25) is 10.0 Å². The van der Waals surface area contributed by atoms with Gasteiger partial charge < -0.3 is 9.64 Å². The SMILES string of the molecule is C[C@@H]1CN(S(=O)(=O)c2cc(C(=O)N(C)Cc3cccc(Cl)c3)ccc2Cl)C[C@H](C)O1. The molecule has 9 heteroatoms. The lowest BCUT2D eigenvalue weighted by Gasteiger charge is -2.34. The highest BCUT2D eigenvalue weighted by Crippen LogP contribution is 2.28. The topological polar surface area (TPSA) is 66.9 Å². The monoisotopic (exact) mass is 470 g/mol. The Kier molecular flexibility index (Phi) is 7.09. The van der Waals surface area contributed by atoms with Crippen molar-refractivity contribution in [3.8, 4) is 0 Å². The first-order valence-corrected chi connectivity index (χ1v) is 11.7. The molecule has 0 aliphatic carbocycles. The molecule has 0 spiro atoms. The number of halogens is 2. The van der Waals surface area contributed by atoms with Gasteiger partial charge in [0.05, 0.1) is 17.2 Å². The summed E-state index contributed by atoms with van der Waals surface area (Å²) in [4.78, 5) is 14.4. The van der Waals surface area contributed by atoms with Crippen molar-refractivity contribution in [1.82, 2.24) is 9.21 Å². The van der Waals surface area contributed by atoms with Crippen molar-refractivity contribution < 1.29 is 17.9 Å². The third-order valence-electron chi connectivity index (χ3n) is 4.84. The minimum Gasteiger partial charge on any atom is -0.373 e. The van der Waals surface area contributed by atoms with Gasteiger partial charge in [-0.2, -0.15) is 4.31 Å². The van der Waals surface area contributed by atoms with E-state index in [0.717, 1.165) is 5.56 Å². The molecule has 1 heterocycles. The molecule has 0 radical (unpaired) electrons. The number of amides is 1. The van der Waals surface area contributed by atoms with E-state index >= 15 is 0 Å². The lowest BCUT2D eigenvalue weighted by Crippen LogP contribution is -2.48. The zero-order chi connectivity index (χ0) is 22.1. The second-order valence-electron chi connectivity index (χ2n) is 7.52. The average molecular weight is 471 g/mol. The van der Waals surface area contributed by atoms with E-state index in [9.17, 15) is 13.2 Å². The lowest BCUT2D eigenvalue weighted by atomic mass is 10.1. The van der Waals surface area contributed by atoms with Crippen LogP contribution in [0.15, 0.2) is 47.4 Å². The molecule has 1 amide bonds. The fourth-order valence-corrected chi connectivity index (χ4v) is 5.81. The second kappa shape index (κ2) is 9.24. The maximum Gasteiger partial charge on any atom is 0.253 e.